The fraction of sp³-hybridized carbons (Fsp3) is 0.375. The summed E-state index contributed by atoms with van der Waals surface area (Å²) in [4.78, 5) is 13.0. The average Bonchev–Trinajstić information content (AvgIpc) is 2.87. The van der Waals surface area contributed by atoms with Gasteiger partial charge in [-0.05, 0) is 24.3 Å². The van der Waals surface area contributed by atoms with Gasteiger partial charge in [-0.15, -0.1) is 0 Å². The van der Waals surface area contributed by atoms with E-state index < -0.39 is 16.6 Å². The van der Waals surface area contributed by atoms with E-state index in [-0.39, 0.29) is 0 Å². The summed E-state index contributed by atoms with van der Waals surface area (Å²) in [5, 5.41) is 10.3. The average molecular weight is 182 g/mol. The Morgan fingerprint density at radius 2 is 2.31 bits per heavy atom. The molecule has 0 spiro atoms. The smallest absolute Gasteiger partial charge is 0.258 e. The van der Waals surface area contributed by atoms with E-state index in [9.17, 15) is 14.5 Å². The number of rotatable bonds is 2. The van der Waals surface area contributed by atoms with Crippen LogP contribution < -0.4 is 0 Å². The lowest BCUT2D eigenvalue weighted by Crippen LogP contribution is -1.96. The molecule has 1 saturated carbocycles. The maximum Gasteiger partial charge on any atom is 0.324 e. The Morgan fingerprint density at radius 1 is 1.62 bits per heavy atom. The lowest BCUT2D eigenvalue weighted by Gasteiger charge is -1.97. The Morgan fingerprint density at radius 3 is 2.85 bits per heavy atom. The molecule has 1 aromatic heterocycles. The van der Waals surface area contributed by atoms with Crippen molar-refractivity contribution in [3.8, 4) is 0 Å². The van der Waals surface area contributed by atoms with E-state index in [1.54, 1.807) is 0 Å². The lowest BCUT2D eigenvalue weighted by atomic mass is 10.2. The van der Waals surface area contributed by atoms with Gasteiger partial charge in [-0.1, -0.05) is 0 Å². The lowest BCUT2D eigenvalue weighted by molar-refractivity contribution is -0.388. The summed E-state index contributed by atoms with van der Waals surface area (Å²) in [5.74, 6) is -0.652. The van der Waals surface area contributed by atoms with Crippen LogP contribution >= 0.6 is 0 Å². The van der Waals surface area contributed by atoms with Crippen molar-refractivity contribution >= 4 is 5.69 Å². The quantitative estimate of drug-likeness (QED) is 0.399. The van der Waals surface area contributed by atoms with Crippen LogP contribution in [0.15, 0.2) is 12.3 Å². The number of halogens is 1. The zero-order valence-corrected chi connectivity index (χ0v) is 6.74. The number of nitro groups is 1. The highest BCUT2D eigenvalue weighted by molar-refractivity contribution is 5.34. The first kappa shape index (κ1) is 8.10. The van der Waals surface area contributed by atoms with Gasteiger partial charge in [-0.25, -0.2) is 4.98 Å². The largest absolute Gasteiger partial charge is 0.324 e. The molecule has 0 unspecified atom stereocenters. The van der Waals surface area contributed by atoms with Gasteiger partial charge in [0.25, 0.3) is 5.95 Å². The molecule has 1 fully saturated rings. The maximum atomic E-state index is 12.8. The van der Waals surface area contributed by atoms with Crippen LogP contribution in [0, 0.1) is 16.1 Å². The molecule has 68 valence electrons. The third-order valence-corrected chi connectivity index (χ3v) is 2.09. The Hall–Kier alpha value is -1.52. The van der Waals surface area contributed by atoms with E-state index in [0.717, 1.165) is 18.4 Å². The Balaban J connectivity index is 2.41. The number of nitrogens with zero attached hydrogens (tertiary/aromatic N) is 2. The highest BCUT2D eigenvalue weighted by atomic mass is 19.1. The summed E-state index contributed by atoms with van der Waals surface area (Å²) in [5.41, 5.74) is 0.248. The van der Waals surface area contributed by atoms with Gasteiger partial charge in [0.15, 0.2) is 0 Å². The molecule has 0 atom stereocenters. The molecule has 1 aliphatic rings. The monoisotopic (exact) mass is 182 g/mol. The summed E-state index contributed by atoms with van der Waals surface area (Å²) >= 11 is 0. The first-order chi connectivity index (χ1) is 6.18. The van der Waals surface area contributed by atoms with Crippen molar-refractivity contribution in [2.75, 3.05) is 0 Å². The van der Waals surface area contributed by atoms with Crippen LogP contribution in [0.25, 0.3) is 0 Å². The van der Waals surface area contributed by atoms with Crippen molar-refractivity contribution in [3.05, 3.63) is 33.9 Å². The van der Waals surface area contributed by atoms with Crippen LogP contribution in [-0.2, 0) is 0 Å². The molecule has 1 heterocycles. The molecule has 0 amide bonds. The van der Waals surface area contributed by atoms with E-state index >= 15 is 0 Å². The van der Waals surface area contributed by atoms with Gasteiger partial charge in [0.1, 0.15) is 0 Å². The van der Waals surface area contributed by atoms with Crippen molar-refractivity contribution in [1.29, 1.82) is 0 Å². The molecule has 13 heavy (non-hydrogen) atoms. The number of hydrogen-bond acceptors (Lipinski definition) is 3. The second-order valence-electron chi connectivity index (χ2n) is 3.11. The number of hydrogen-bond donors (Lipinski definition) is 0. The van der Waals surface area contributed by atoms with Crippen LogP contribution in [0.3, 0.4) is 0 Å². The molecule has 4 nitrogen and oxygen atoms in total. The highest BCUT2D eigenvalue weighted by Crippen LogP contribution is 2.40. The van der Waals surface area contributed by atoms with E-state index in [2.05, 4.69) is 4.98 Å². The molecule has 0 radical (unpaired) electrons. The van der Waals surface area contributed by atoms with Gasteiger partial charge in [-0.2, -0.15) is 4.39 Å². The molecule has 0 N–H and O–H groups in total. The van der Waals surface area contributed by atoms with E-state index in [4.69, 9.17) is 0 Å². The Labute approximate surface area is 73.6 Å². The first-order valence-corrected chi connectivity index (χ1v) is 3.98. The second-order valence-corrected chi connectivity index (χ2v) is 3.11. The Kier molecular flexibility index (Phi) is 1.72. The molecule has 0 aliphatic heterocycles. The van der Waals surface area contributed by atoms with Gasteiger partial charge in [0, 0.05) is 12.3 Å². The first-order valence-electron chi connectivity index (χ1n) is 3.98. The summed E-state index contributed by atoms with van der Waals surface area (Å²) in [7, 11) is 0. The van der Waals surface area contributed by atoms with Gasteiger partial charge in [0.2, 0.25) is 0 Å². The van der Waals surface area contributed by atoms with Crippen LogP contribution in [-0.4, -0.2) is 9.91 Å². The van der Waals surface area contributed by atoms with Crippen molar-refractivity contribution in [3.63, 3.8) is 0 Å². The fourth-order valence-electron chi connectivity index (χ4n) is 1.22. The second kappa shape index (κ2) is 2.76. The minimum atomic E-state index is -1.01. The molecular formula is C8H7FN2O2. The SMILES string of the molecule is O=[N+]([O-])c1cc(C2CC2)cnc1F. The summed E-state index contributed by atoms with van der Waals surface area (Å²) in [6, 6.07) is 1.28. The molecule has 0 bridgehead atoms. The fourth-order valence-corrected chi connectivity index (χ4v) is 1.22. The minimum absolute atomic E-state index is 0.354. The van der Waals surface area contributed by atoms with Crippen molar-refractivity contribution < 1.29 is 9.31 Å². The molecule has 1 aromatic rings. The normalized spacial score (nSPS) is 15.8. The van der Waals surface area contributed by atoms with Gasteiger partial charge >= 0.3 is 5.69 Å². The van der Waals surface area contributed by atoms with Gasteiger partial charge in [0.05, 0.1) is 4.92 Å². The standard InChI is InChI=1S/C8H7FN2O2/c9-8-7(11(12)13)3-6(4-10-8)5-1-2-5/h3-5H,1-2H2. The molecule has 5 heteroatoms. The molecule has 0 aromatic carbocycles. The third-order valence-electron chi connectivity index (χ3n) is 2.09. The minimum Gasteiger partial charge on any atom is -0.258 e. The van der Waals surface area contributed by atoms with Gasteiger partial charge < -0.3 is 0 Å². The predicted molar refractivity (Wildman–Crippen MR) is 42.8 cm³/mol. The van der Waals surface area contributed by atoms with Crippen LogP contribution in [0.2, 0.25) is 0 Å². The zero-order chi connectivity index (χ0) is 9.42. The van der Waals surface area contributed by atoms with Crippen LogP contribution in [0.4, 0.5) is 10.1 Å². The number of pyridine rings is 1. The van der Waals surface area contributed by atoms with Crippen molar-refractivity contribution in [2.24, 2.45) is 0 Å². The molecule has 2 rings (SSSR count). The number of aromatic nitrogens is 1. The summed E-state index contributed by atoms with van der Waals surface area (Å²) in [6.45, 7) is 0. The topological polar surface area (TPSA) is 56.0 Å². The predicted octanol–water partition coefficient (Wildman–Crippen LogP) is 2.01. The zero-order valence-electron chi connectivity index (χ0n) is 6.74. The molecule has 1 aliphatic carbocycles. The summed E-state index contributed by atoms with van der Waals surface area (Å²) in [6.07, 6.45) is 3.41. The van der Waals surface area contributed by atoms with E-state index in [0.29, 0.717) is 5.92 Å². The molecular weight excluding hydrogens is 175 g/mol. The molecule has 0 saturated heterocycles. The van der Waals surface area contributed by atoms with Crippen LogP contribution in [0.1, 0.15) is 24.3 Å². The van der Waals surface area contributed by atoms with E-state index in [1.165, 1.54) is 12.3 Å². The Bertz CT molecular complexity index is 363. The third kappa shape index (κ3) is 1.49. The van der Waals surface area contributed by atoms with Gasteiger partial charge in [-0.3, -0.25) is 10.1 Å². The summed E-state index contributed by atoms with van der Waals surface area (Å²) < 4.78 is 12.8. The maximum absolute atomic E-state index is 12.8. The van der Waals surface area contributed by atoms with Crippen molar-refractivity contribution in [1.82, 2.24) is 4.98 Å². The van der Waals surface area contributed by atoms with Crippen molar-refractivity contribution in [2.45, 2.75) is 18.8 Å². The van der Waals surface area contributed by atoms with Crippen LogP contribution in [0.5, 0.6) is 0 Å². The van der Waals surface area contributed by atoms with E-state index in [1.807, 2.05) is 0 Å². The highest BCUT2D eigenvalue weighted by Gasteiger charge is 2.27.